The molecule has 4 nitrogen and oxygen atoms in total. The first-order chi connectivity index (χ1) is 23.7. The minimum Gasteiger partial charge on any atom is -0.394 e. The number of hydrogen-bond acceptors (Lipinski definition) is 3. The van der Waals surface area contributed by atoms with Crippen molar-refractivity contribution in [2.45, 2.75) is 244 Å². The molecule has 0 rings (SSSR count). The fraction of sp³-hybridized carbons (Fsp3) is 0.886. The van der Waals surface area contributed by atoms with Crippen molar-refractivity contribution in [1.82, 2.24) is 5.32 Å². The predicted octanol–water partition coefficient (Wildman–Crippen LogP) is 13.2. The number of carbonyl (C=O) groups excluding carboxylic acids is 1. The first-order valence-corrected chi connectivity index (χ1v) is 21.6. The molecule has 48 heavy (non-hydrogen) atoms. The summed E-state index contributed by atoms with van der Waals surface area (Å²) in [6, 6.07) is -0.633. The van der Waals surface area contributed by atoms with Gasteiger partial charge in [-0.1, -0.05) is 218 Å². The molecule has 2 unspecified atom stereocenters. The lowest BCUT2D eigenvalue weighted by Gasteiger charge is -2.19. The molecular weight excluding hydrogens is 590 g/mol. The summed E-state index contributed by atoms with van der Waals surface area (Å²) >= 11 is 0. The number of nitrogens with one attached hydrogen (secondary N) is 1. The third-order valence-electron chi connectivity index (χ3n) is 9.94. The number of carbonyl (C=O) groups is 1. The molecule has 3 N–H and O–H groups in total. The second-order valence-corrected chi connectivity index (χ2v) is 14.8. The number of rotatable bonds is 39. The van der Waals surface area contributed by atoms with Gasteiger partial charge in [-0.3, -0.25) is 4.79 Å². The summed E-state index contributed by atoms with van der Waals surface area (Å²) in [4.78, 5) is 12.3. The van der Waals surface area contributed by atoms with E-state index in [9.17, 15) is 15.0 Å². The number of aliphatic hydroxyl groups is 2. The molecule has 2 atom stereocenters. The molecule has 0 saturated carbocycles. The topological polar surface area (TPSA) is 69.6 Å². The zero-order valence-electron chi connectivity index (χ0n) is 32.5. The van der Waals surface area contributed by atoms with E-state index in [0.717, 1.165) is 32.1 Å². The van der Waals surface area contributed by atoms with Crippen LogP contribution in [0.1, 0.15) is 232 Å². The lowest BCUT2D eigenvalue weighted by molar-refractivity contribution is -0.123. The third kappa shape index (κ3) is 36.2. The average Bonchev–Trinajstić information content (AvgIpc) is 3.09. The van der Waals surface area contributed by atoms with Crippen LogP contribution in [0.4, 0.5) is 0 Å². The quantitative estimate of drug-likeness (QED) is 0.0448. The Kier molecular flexibility index (Phi) is 39.4. The number of allylic oxidation sites excluding steroid dienone is 3. The zero-order valence-corrected chi connectivity index (χ0v) is 32.5. The van der Waals surface area contributed by atoms with Crippen molar-refractivity contribution in [2.75, 3.05) is 6.61 Å². The Balaban J connectivity index is 3.52. The Hall–Kier alpha value is -1.13. The van der Waals surface area contributed by atoms with E-state index in [1.54, 1.807) is 6.08 Å². The van der Waals surface area contributed by atoms with Gasteiger partial charge in [-0.25, -0.2) is 0 Å². The minimum atomic E-state index is -0.856. The van der Waals surface area contributed by atoms with Gasteiger partial charge < -0.3 is 15.5 Å². The standard InChI is InChI=1S/C44H85NO3/c1-3-5-7-9-11-13-15-16-17-18-19-20-21-22-23-24-25-26-27-28-29-30-31-33-35-37-39-43(47)42(41-46)45-44(48)40-38-36-34-32-14-12-10-8-6-4-2/h30-31,37,39,42-43,46-47H,3-29,32-36,38,40-41H2,1-2H3,(H,45,48)/b31-30+,39-37+. The van der Waals surface area contributed by atoms with Crippen LogP contribution in [-0.4, -0.2) is 34.9 Å². The summed E-state index contributed by atoms with van der Waals surface area (Å²) in [5.41, 5.74) is 0. The maximum atomic E-state index is 12.3. The van der Waals surface area contributed by atoms with Crippen molar-refractivity contribution in [3.05, 3.63) is 24.3 Å². The molecule has 0 aromatic heterocycles. The monoisotopic (exact) mass is 676 g/mol. The van der Waals surface area contributed by atoms with Gasteiger partial charge in [0.15, 0.2) is 0 Å². The van der Waals surface area contributed by atoms with Gasteiger partial charge in [-0.2, -0.15) is 0 Å². The summed E-state index contributed by atoms with van der Waals surface area (Å²) < 4.78 is 0. The van der Waals surface area contributed by atoms with Gasteiger partial charge in [0.2, 0.25) is 5.91 Å². The number of aliphatic hydroxyl groups excluding tert-OH is 2. The third-order valence-corrected chi connectivity index (χ3v) is 9.94. The van der Waals surface area contributed by atoms with Gasteiger partial charge in [-0.15, -0.1) is 0 Å². The highest BCUT2D eigenvalue weighted by Crippen LogP contribution is 2.16. The molecule has 0 aliphatic heterocycles. The molecule has 0 spiro atoms. The van der Waals surface area contributed by atoms with E-state index >= 15 is 0 Å². The van der Waals surface area contributed by atoms with Gasteiger partial charge in [0.25, 0.3) is 0 Å². The van der Waals surface area contributed by atoms with Crippen LogP contribution in [0.2, 0.25) is 0 Å². The summed E-state index contributed by atoms with van der Waals surface area (Å²) in [6.07, 6.45) is 51.6. The number of unbranched alkanes of at least 4 members (excludes halogenated alkanes) is 30. The lowest BCUT2D eigenvalue weighted by Crippen LogP contribution is -2.45. The van der Waals surface area contributed by atoms with Crippen LogP contribution in [0, 0.1) is 0 Å². The van der Waals surface area contributed by atoms with Crippen molar-refractivity contribution in [3.8, 4) is 0 Å². The van der Waals surface area contributed by atoms with Gasteiger partial charge in [0, 0.05) is 6.42 Å². The van der Waals surface area contributed by atoms with Crippen molar-refractivity contribution < 1.29 is 15.0 Å². The van der Waals surface area contributed by atoms with Crippen LogP contribution < -0.4 is 5.32 Å². The van der Waals surface area contributed by atoms with E-state index in [4.69, 9.17) is 0 Å². The van der Waals surface area contributed by atoms with Crippen molar-refractivity contribution in [3.63, 3.8) is 0 Å². The van der Waals surface area contributed by atoms with Crippen molar-refractivity contribution in [1.29, 1.82) is 0 Å². The van der Waals surface area contributed by atoms with Crippen molar-refractivity contribution >= 4 is 5.91 Å². The highest BCUT2D eigenvalue weighted by Gasteiger charge is 2.17. The highest BCUT2D eigenvalue weighted by atomic mass is 16.3. The smallest absolute Gasteiger partial charge is 0.220 e. The van der Waals surface area contributed by atoms with E-state index in [2.05, 4.69) is 31.3 Å². The Morgan fingerprint density at radius 3 is 1.21 bits per heavy atom. The fourth-order valence-corrected chi connectivity index (χ4v) is 6.61. The van der Waals surface area contributed by atoms with Crippen LogP contribution in [-0.2, 0) is 4.79 Å². The Bertz CT molecular complexity index is 691. The van der Waals surface area contributed by atoms with Gasteiger partial charge in [0.1, 0.15) is 0 Å². The molecule has 0 aliphatic carbocycles. The fourth-order valence-electron chi connectivity index (χ4n) is 6.61. The first-order valence-electron chi connectivity index (χ1n) is 21.6. The highest BCUT2D eigenvalue weighted by molar-refractivity contribution is 5.76. The van der Waals surface area contributed by atoms with Crippen LogP contribution in [0.15, 0.2) is 24.3 Å². The lowest BCUT2D eigenvalue weighted by atomic mass is 10.0. The van der Waals surface area contributed by atoms with E-state index < -0.39 is 12.1 Å². The molecule has 0 radical (unpaired) electrons. The molecule has 4 heteroatoms. The Morgan fingerprint density at radius 2 is 0.812 bits per heavy atom. The number of amides is 1. The summed E-state index contributed by atoms with van der Waals surface area (Å²) in [5, 5.41) is 22.9. The maximum Gasteiger partial charge on any atom is 0.220 e. The van der Waals surface area contributed by atoms with Crippen LogP contribution in [0.3, 0.4) is 0 Å². The zero-order chi connectivity index (χ0) is 35.0. The molecule has 0 saturated heterocycles. The van der Waals surface area contributed by atoms with Crippen LogP contribution >= 0.6 is 0 Å². The molecule has 1 amide bonds. The second-order valence-electron chi connectivity index (χ2n) is 14.8. The average molecular weight is 676 g/mol. The van der Waals surface area contributed by atoms with E-state index in [-0.39, 0.29) is 12.5 Å². The summed E-state index contributed by atoms with van der Waals surface area (Å²) in [7, 11) is 0. The van der Waals surface area contributed by atoms with E-state index in [1.165, 1.54) is 180 Å². The SMILES string of the molecule is CCCCCCCCCCCCCCCCCCCCCC/C=C/CC/C=C/C(O)C(CO)NC(=O)CCCCCCCCCCCC. The van der Waals surface area contributed by atoms with Gasteiger partial charge in [0.05, 0.1) is 18.8 Å². The van der Waals surface area contributed by atoms with E-state index in [0.29, 0.717) is 6.42 Å². The molecule has 0 bridgehead atoms. The maximum absolute atomic E-state index is 12.3. The first kappa shape index (κ1) is 46.9. The normalized spacial score (nSPS) is 13.2. The minimum absolute atomic E-state index is 0.0750. The summed E-state index contributed by atoms with van der Waals surface area (Å²) in [6.45, 7) is 4.29. The van der Waals surface area contributed by atoms with Crippen LogP contribution in [0.25, 0.3) is 0 Å². The number of hydrogen-bond donors (Lipinski definition) is 3. The Morgan fingerprint density at radius 1 is 0.479 bits per heavy atom. The van der Waals surface area contributed by atoms with Gasteiger partial charge in [-0.05, 0) is 32.1 Å². The molecule has 0 aliphatic rings. The molecular formula is C44H85NO3. The molecule has 0 heterocycles. The molecule has 284 valence electrons. The van der Waals surface area contributed by atoms with Gasteiger partial charge >= 0.3 is 0 Å². The molecule has 0 aromatic carbocycles. The Labute approximate surface area is 300 Å². The van der Waals surface area contributed by atoms with Crippen molar-refractivity contribution in [2.24, 2.45) is 0 Å². The van der Waals surface area contributed by atoms with E-state index in [1.807, 2.05) is 6.08 Å². The predicted molar refractivity (Wildman–Crippen MR) is 212 cm³/mol. The summed E-state index contributed by atoms with van der Waals surface area (Å²) in [5.74, 6) is -0.0750. The van der Waals surface area contributed by atoms with Crippen LogP contribution in [0.5, 0.6) is 0 Å². The largest absolute Gasteiger partial charge is 0.394 e. The molecule has 0 aromatic rings. The molecule has 0 fully saturated rings. The second kappa shape index (κ2) is 40.3.